The van der Waals surface area contributed by atoms with Crippen molar-refractivity contribution in [2.75, 3.05) is 30.9 Å². The molecule has 9 heavy (non-hydrogen) atoms. The summed E-state index contributed by atoms with van der Waals surface area (Å²) in [7, 11) is 0. The van der Waals surface area contributed by atoms with E-state index in [0.717, 1.165) is 26.4 Å². The van der Waals surface area contributed by atoms with Crippen molar-refractivity contribution >= 4 is 22.6 Å². The van der Waals surface area contributed by atoms with Crippen molar-refractivity contribution in [3.05, 3.63) is 0 Å². The Labute approximate surface area is 70.1 Å². The Kier molecular flexibility index (Phi) is 9.27. The van der Waals surface area contributed by atoms with E-state index in [1.54, 1.807) is 0 Å². The summed E-state index contributed by atoms with van der Waals surface area (Å²) in [4.78, 5) is 0. The zero-order valence-corrected chi connectivity index (χ0v) is 7.89. The Bertz CT molecular complexity index is 34.8. The third-order valence-corrected chi connectivity index (χ3v) is 0.744. The molecule has 1 fully saturated rings. The Hall–Kier alpha value is 0.650. The van der Waals surface area contributed by atoms with Crippen LogP contribution in [0.4, 0.5) is 0 Å². The van der Waals surface area contributed by atoms with E-state index in [0.29, 0.717) is 0 Å². The second kappa shape index (κ2) is 8.65. The predicted molar refractivity (Wildman–Crippen MR) is 46.2 cm³/mol. The SMILES string of the molecule is C1COCCO1.CCI. The van der Waals surface area contributed by atoms with Crippen LogP contribution in [0.15, 0.2) is 0 Å². The quantitative estimate of drug-likeness (QED) is 0.474. The van der Waals surface area contributed by atoms with Crippen molar-refractivity contribution in [3.63, 3.8) is 0 Å². The highest BCUT2D eigenvalue weighted by molar-refractivity contribution is 14.1. The number of rotatable bonds is 0. The largest absolute Gasteiger partial charge is 0.377 e. The number of ether oxygens (including phenoxy) is 2. The van der Waals surface area contributed by atoms with E-state index in [9.17, 15) is 0 Å². The fraction of sp³-hybridized carbons (Fsp3) is 1.00. The molecule has 0 spiro atoms. The third kappa shape index (κ3) is 8.65. The number of halogens is 1. The summed E-state index contributed by atoms with van der Waals surface area (Å²) in [5.41, 5.74) is 0. The van der Waals surface area contributed by atoms with Gasteiger partial charge in [-0.1, -0.05) is 29.5 Å². The maximum atomic E-state index is 4.94. The molecule has 0 aromatic heterocycles. The highest BCUT2D eigenvalue weighted by Gasteiger charge is 1.94. The van der Waals surface area contributed by atoms with Crippen LogP contribution in [0.3, 0.4) is 0 Å². The fourth-order valence-corrected chi connectivity index (χ4v) is 0.440. The molecule has 3 heteroatoms. The van der Waals surface area contributed by atoms with Gasteiger partial charge in [0.2, 0.25) is 0 Å². The molecule has 0 aromatic rings. The average molecular weight is 244 g/mol. The first-order valence-corrected chi connectivity index (χ1v) is 4.65. The molecule has 0 aromatic carbocycles. The Morgan fingerprint density at radius 1 is 1.11 bits per heavy atom. The first-order valence-electron chi connectivity index (χ1n) is 3.13. The van der Waals surface area contributed by atoms with Gasteiger partial charge in [0.05, 0.1) is 26.4 Å². The van der Waals surface area contributed by atoms with Gasteiger partial charge in [0, 0.05) is 0 Å². The molecule has 0 amide bonds. The summed E-state index contributed by atoms with van der Waals surface area (Å²) >= 11 is 2.29. The molecule has 0 saturated carbocycles. The molecule has 1 rings (SSSR count). The molecule has 1 aliphatic heterocycles. The highest BCUT2D eigenvalue weighted by Crippen LogP contribution is 1.85. The highest BCUT2D eigenvalue weighted by atomic mass is 127. The summed E-state index contributed by atoms with van der Waals surface area (Å²) in [6, 6.07) is 0. The first kappa shape index (κ1) is 9.65. The van der Waals surface area contributed by atoms with Crippen LogP contribution < -0.4 is 0 Å². The van der Waals surface area contributed by atoms with E-state index in [4.69, 9.17) is 9.47 Å². The van der Waals surface area contributed by atoms with Crippen molar-refractivity contribution in [2.24, 2.45) is 0 Å². The van der Waals surface area contributed by atoms with Crippen LogP contribution in [-0.2, 0) is 9.47 Å². The van der Waals surface area contributed by atoms with Gasteiger partial charge in [-0.25, -0.2) is 0 Å². The maximum Gasteiger partial charge on any atom is 0.0701 e. The van der Waals surface area contributed by atoms with Gasteiger partial charge in [0.1, 0.15) is 0 Å². The van der Waals surface area contributed by atoms with E-state index in [1.165, 1.54) is 4.43 Å². The Balaban J connectivity index is 0.000000187. The van der Waals surface area contributed by atoms with E-state index >= 15 is 0 Å². The molecule has 0 bridgehead atoms. The van der Waals surface area contributed by atoms with Crippen molar-refractivity contribution in [3.8, 4) is 0 Å². The van der Waals surface area contributed by atoms with E-state index < -0.39 is 0 Å². The Morgan fingerprint density at radius 2 is 1.33 bits per heavy atom. The molecule has 2 nitrogen and oxygen atoms in total. The van der Waals surface area contributed by atoms with Crippen molar-refractivity contribution in [1.29, 1.82) is 0 Å². The summed E-state index contributed by atoms with van der Waals surface area (Å²) in [6.45, 7) is 5.22. The Morgan fingerprint density at radius 3 is 1.44 bits per heavy atom. The zero-order chi connectivity index (χ0) is 6.95. The second-order valence-electron chi connectivity index (χ2n) is 1.49. The van der Waals surface area contributed by atoms with Crippen LogP contribution in [0.2, 0.25) is 0 Å². The molecule has 1 saturated heterocycles. The molecule has 0 aliphatic carbocycles. The minimum absolute atomic E-state index is 0.778. The molecular weight excluding hydrogens is 231 g/mol. The second-order valence-corrected chi connectivity index (χ2v) is 3.02. The van der Waals surface area contributed by atoms with Crippen molar-refractivity contribution in [2.45, 2.75) is 6.92 Å². The lowest BCUT2D eigenvalue weighted by Gasteiger charge is -2.09. The van der Waals surface area contributed by atoms with Crippen LogP contribution in [0.25, 0.3) is 0 Å². The van der Waals surface area contributed by atoms with Gasteiger partial charge in [-0.3, -0.25) is 0 Å². The summed E-state index contributed by atoms with van der Waals surface area (Å²) < 4.78 is 11.1. The summed E-state index contributed by atoms with van der Waals surface area (Å²) in [6.07, 6.45) is 0. The van der Waals surface area contributed by atoms with Crippen LogP contribution >= 0.6 is 22.6 Å². The van der Waals surface area contributed by atoms with Gasteiger partial charge in [-0.15, -0.1) is 0 Å². The molecule has 0 radical (unpaired) electrons. The fourth-order valence-electron chi connectivity index (χ4n) is 0.440. The molecule has 1 heterocycles. The van der Waals surface area contributed by atoms with Gasteiger partial charge < -0.3 is 9.47 Å². The molecule has 56 valence electrons. The monoisotopic (exact) mass is 244 g/mol. The topological polar surface area (TPSA) is 18.5 Å². The molecule has 0 atom stereocenters. The maximum absolute atomic E-state index is 4.94. The average Bonchev–Trinajstić information content (AvgIpc) is 1.93. The molecule has 0 unspecified atom stereocenters. The van der Waals surface area contributed by atoms with Gasteiger partial charge in [-0.2, -0.15) is 0 Å². The molecule has 0 N–H and O–H groups in total. The van der Waals surface area contributed by atoms with Crippen molar-refractivity contribution in [1.82, 2.24) is 0 Å². The number of hydrogen-bond donors (Lipinski definition) is 0. The number of alkyl halides is 1. The number of hydrogen-bond acceptors (Lipinski definition) is 2. The third-order valence-electron chi connectivity index (χ3n) is 0.744. The summed E-state index contributed by atoms with van der Waals surface area (Å²) in [5, 5.41) is 0. The normalized spacial score (nSPS) is 18.0. The molecular formula is C6H13IO2. The smallest absolute Gasteiger partial charge is 0.0701 e. The predicted octanol–water partition coefficient (Wildman–Crippen LogP) is 1.47. The van der Waals surface area contributed by atoms with E-state index in [2.05, 4.69) is 29.5 Å². The van der Waals surface area contributed by atoms with Crippen LogP contribution in [-0.4, -0.2) is 30.9 Å². The molecule has 1 aliphatic rings. The van der Waals surface area contributed by atoms with Gasteiger partial charge in [0.15, 0.2) is 0 Å². The zero-order valence-electron chi connectivity index (χ0n) is 5.73. The van der Waals surface area contributed by atoms with Crippen LogP contribution in [0.1, 0.15) is 6.92 Å². The summed E-state index contributed by atoms with van der Waals surface area (Å²) in [5.74, 6) is 0. The lowest BCUT2D eigenvalue weighted by Crippen LogP contribution is -2.16. The lowest BCUT2D eigenvalue weighted by atomic mass is 10.6. The van der Waals surface area contributed by atoms with Gasteiger partial charge in [0.25, 0.3) is 0 Å². The lowest BCUT2D eigenvalue weighted by molar-refractivity contribution is -0.0334. The van der Waals surface area contributed by atoms with Gasteiger partial charge in [-0.05, 0) is 4.43 Å². The van der Waals surface area contributed by atoms with E-state index in [1.807, 2.05) is 0 Å². The minimum Gasteiger partial charge on any atom is -0.377 e. The van der Waals surface area contributed by atoms with Crippen LogP contribution in [0.5, 0.6) is 0 Å². The van der Waals surface area contributed by atoms with Gasteiger partial charge >= 0.3 is 0 Å². The standard InChI is InChI=1S/C4H8O2.C2H5I/c1-2-6-4-3-5-1;1-2-3/h1-4H2;2H2,1H3. The first-order chi connectivity index (χ1) is 4.41. The van der Waals surface area contributed by atoms with E-state index in [-0.39, 0.29) is 0 Å². The van der Waals surface area contributed by atoms with Crippen molar-refractivity contribution < 1.29 is 9.47 Å². The minimum atomic E-state index is 0.778. The van der Waals surface area contributed by atoms with Crippen LogP contribution in [0, 0.1) is 0 Å².